The largest absolute Gasteiger partial charge is 0.308 e. The molecule has 1 N–H and O–H groups in total. The highest BCUT2D eigenvalue weighted by Gasteiger charge is 2.48. The van der Waals surface area contributed by atoms with Crippen molar-refractivity contribution in [2.45, 2.75) is 62.4 Å². The Balaban J connectivity index is 1.76. The van der Waals surface area contributed by atoms with Crippen LogP contribution in [0.1, 0.15) is 51.4 Å². The molecule has 3 heteroatoms. The fourth-order valence-corrected chi connectivity index (χ4v) is 4.38. The predicted molar refractivity (Wildman–Crippen MR) is 67.9 cm³/mol. The summed E-state index contributed by atoms with van der Waals surface area (Å²) in [6.45, 7) is 2.67. The second kappa shape index (κ2) is 4.51. The van der Waals surface area contributed by atoms with E-state index in [0.29, 0.717) is 17.6 Å². The number of rotatable bonds is 2. The lowest BCUT2D eigenvalue weighted by Gasteiger charge is -2.52. The van der Waals surface area contributed by atoms with Gasteiger partial charge in [-0.2, -0.15) is 0 Å². The minimum absolute atomic E-state index is 0.183. The molecule has 98 valence electrons. The Morgan fingerprint density at radius 1 is 1.00 bits per heavy atom. The zero-order valence-corrected chi connectivity index (χ0v) is 10.8. The summed E-state index contributed by atoms with van der Waals surface area (Å²) in [6, 6.07) is 0. The molecule has 3 rings (SSSR count). The third-order valence-corrected chi connectivity index (χ3v) is 5.41. The second-order valence-corrected chi connectivity index (χ2v) is 6.38. The first-order chi connectivity index (χ1) is 8.29. The number of nitrogens with zero attached hydrogens (tertiary/aromatic N) is 1. The maximum Gasteiger partial charge on any atom is 0.102 e. The number of alkyl halides is 1. The maximum absolute atomic E-state index is 12.8. The van der Waals surface area contributed by atoms with Crippen LogP contribution in [-0.2, 0) is 0 Å². The Labute approximate surface area is 104 Å². The van der Waals surface area contributed by atoms with Crippen LogP contribution in [0, 0.1) is 0 Å². The van der Waals surface area contributed by atoms with Gasteiger partial charge in [0.05, 0.1) is 0 Å². The van der Waals surface area contributed by atoms with E-state index in [-0.39, 0.29) is 6.67 Å². The highest BCUT2D eigenvalue weighted by molar-refractivity contribution is 5.08. The number of hydrogen-bond donors (Lipinski definition) is 1. The molecule has 0 unspecified atom stereocenters. The highest BCUT2D eigenvalue weighted by atomic mass is 19.1. The number of halogens is 1. The Hall–Kier alpha value is -0.150. The van der Waals surface area contributed by atoms with Crippen LogP contribution in [-0.4, -0.2) is 42.3 Å². The van der Waals surface area contributed by atoms with Crippen molar-refractivity contribution in [3.63, 3.8) is 0 Å². The smallest absolute Gasteiger partial charge is 0.102 e. The highest BCUT2D eigenvalue weighted by Crippen LogP contribution is 2.42. The van der Waals surface area contributed by atoms with E-state index in [1.165, 1.54) is 51.4 Å². The monoisotopic (exact) mass is 240 g/mol. The molecule has 0 aromatic rings. The van der Waals surface area contributed by atoms with Gasteiger partial charge in [-0.3, -0.25) is 4.90 Å². The van der Waals surface area contributed by atoms with Gasteiger partial charge in [0.25, 0.3) is 0 Å². The van der Waals surface area contributed by atoms with E-state index >= 15 is 0 Å². The summed E-state index contributed by atoms with van der Waals surface area (Å²) in [7, 11) is 0. The fourth-order valence-electron chi connectivity index (χ4n) is 4.38. The van der Waals surface area contributed by atoms with Gasteiger partial charge in [0.2, 0.25) is 0 Å². The summed E-state index contributed by atoms with van der Waals surface area (Å²) in [5.74, 6) is 0. The van der Waals surface area contributed by atoms with E-state index in [1.54, 1.807) is 0 Å². The molecular formula is C14H25FN2. The molecular weight excluding hydrogens is 215 g/mol. The van der Waals surface area contributed by atoms with Crippen molar-refractivity contribution in [3.05, 3.63) is 0 Å². The van der Waals surface area contributed by atoms with Crippen molar-refractivity contribution in [1.29, 1.82) is 0 Å². The lowest BCUT2D eigenvalue weighted by atomic mass is 9.84. The van der Waals surface area contributed by atoms with Crippen LogP contribution in [0.2, 0.25) is 0 Å². The first-order valence-corrected chi connectivity index (χ1v) is 7.35. The van der Waals surface area contributed by atoms with Crippen molar-refractivity contribution < 1.29 is 4.39 Å². The molecule has 2 aliphatic carbocycles. The Morgan fingerprint density at radius 2 is 1.65 bits per heavy atom. The number of piperazine rings is 1. The zero-order valence-electron chi connectivity index (χ0n) is 10.8. The van der Waals surface area contributed by atoms with Crippen LogP contribution >= 0.6 is 0 Å². The molecule has 1 heterocycles. The minimum Gasteiger partial charge on any atom is -0.308 e. The molecule has 3 aliphatic rings. The average molecular weight is 240 g/mol. The molecule has 0 aromatic carbocycles. The van der Waals surface area contributed by atoms with Crippen LogP contribution in [0.15, 0.2) is 0 Å². The molecule has 0 amide bonds. The topological polar surface area (TPSA) is 15.3 Å². The Kier molecular flexibility index (Phi) is 3.16. The summed E-state index contributed by atoms with van der Waals surface area (Å²) >= 11 is 0. The van der Waals surface area contributed by atoms with E-state index in [4.69, 9.17) is 0 Å². The van der Waals surface area contributed by atoms with Crippen LogP contribution < -0.4 is 5.32 Å². The van der Waals surface area contributed by atoms with Crippen molar-refractivity contribution in [1.82, 2.24) is 10.2 Å². The van der Waals surface area contributed by atoms with Crippen LogP contribution in [0.4, 0.5) is 4.39 Å². The summed E-state index contributed by atoms with van der Waals surface area (Å²) < 4.78 is 12.8. The molecule has 0 radical (unpaired) electrons. The standard InChI is InChI=1S/C14H25FN2/c15-9-10-17-12-13(5-1-2-6-13)16-11-14(17)7-3-4-8-14/h16H,1-12H2. The number of nitrogens with one attached hydrogen (secondary N) is 1. The summed E-state index contributed by atoms with van der Waals surface area (Å²) in [5, 5.41) is 3.85. The summed E-state index contributed by atoms with van der Waals surface area (Å²) in [5.41, 5.74) is 0.642. The second-order valence-electron chi connectivity index (χ2n) is 6.38. The van der Waals surface area contributed by atoms with Gasteiger partial charge in [-0.05, 0) is 25.7 Å². The van der Waals surface area contributed by atoms with Gasteiger partial charge in [0.15, 0.2) is 0 Å². The van der Waals surface area contributed by atoms with Crippen molar-refractivity contribution in [3.8, 4) is 0 Å². The Morgan fingerprint density at radius 3 is 2.29 bits per heavy atom. The average Bonchev–Trinajstić information content (AvgIpc) is 2.95. The van der Waals surface area contributed by atoms with Gasteiger partial charge in [0, 0.05) is 30.7 Å². The third-order valence-electron chi connectivity index (χ3n) is 5.41. The van der Waals surface area contributed by atoms with Crippen LogP contribution in [0.25, 0.3) is 0 Å². The first-order valence-electron chi connectivity index (χ1n) is 7.35. The lowest BCUT2D eigenvalue weighted by molar-refractivity contribution is 0.00564. The van der Waals surface area contributed by atoms with E-state index in [2.05, 4.69) is 10.2 Å². The lowest BCUT2D eigenvalue weighted by Crippen LogP contribution is -2.68. The molecule has 0 bridgehead atoms. The van der Waals surface area contributed by atoms with Crippen molar-refractivity contribution >= 4 is 0 Å². The van der Waals surface area contributed by atoms with E-state index in [9.17, 15) is 4.39 Å². The zero-order chi connectivity index (χ0) is 11.8. The van der Waals surface area contributed by atoms with Crippen LogP contribution in [0.5, 0.6) is 0 Å². The fraction of sp³-hybridized carbons (Fsp3) is 1.00. The molecule has 1 aliphatic heterocycles. The molecule has 0 atom stereocenters. The normalized spacial score (nSPS) is 31.6. The SMILES string of the molecule is FCCN1CC2(CCCC2)NCC12CCCC2. The quantitative estimate of drug-likeness (QED) is 0.798. The van der Waals surface area contributed by atoms with E-state index in [0.717, 1.165) is 13.1 Å². The third kappa shape index (κ3) is 2.01. The molecule has 3 fully saturated rings. The maximum atomic E-state index is 12.8. The minimum atomic E-state index is -0.183. The molecule has 17 heavy (non-hydrogen) atoms. The van der Waals surface area contributed by atoms with Gasteiger partial charge >= 0.3 is 0 Å². The molecule has 2 nitrogen and oxygen atoms in total. The first kappa shape index (κ1) is 11.9. The van der Waals surface area contributed by atoms with Crippen molar-refractivity contribution in [2.24, 2.45) is 0 Å². The predicted octanol–water partition coefficient (Wildman–Crippen LogP) is 2.49. The summed E-state index contributed by atoms with van der Waals surface area (Å²) in [6.07, 6.45) is 10.5. The van der Waals surface area contributed by atoms with Gasteiger partial charge in [-0.25, -0.2) is 4.39 Å². The van der Waals surface area contributed by atoms with Gasteiger partial charge in [0.1, 0.15) is 6.67 Å². The van der Waals surface area contributed by atoms with Gasteiger partial charge in [-0.1, -0.05) is 25.7 Å². The van der Waals surface area contributed by atoms with E-state index < -0.39 is 0 Å². The molecule has 2 spiro atoms. The van der Waals surface area contributed by atoms with E-state index in [1.807, 2.05) is 0 Å². The molecule has 2 saturated carbocycles. The van der Waals surface area contributed by atoms with Crippen molar-refractivity contribution in [2.75, 3.05) is 26.3 Å². The van der Waals surface area contributed by atoms with Crippen LogP contribution in [0.3, 0.4) is 0 Å². The summed E-state index contributed by atoms with van der Waals surface area (Å²) in [4.78, 5) is 2.50. The van der Waals surface area contributed by atoms with Gasteiger partial charge in [-0.15, -0.1) is 0 Å². The molecule has 1 saturated heterocycles. The van der Waals surface area contributed by atoms with Gasteiger partial charge < -0.3 is 5.32 Å². The Bertz CT molecular complexity index is 267. The number of hydrogen-bond acceptors (Lipinski definition) is 2. The molecule has 0 aromatic heterocycles.